The summed E-state index contributed by atoms with van der Waals surface area (Å²) in [5, 5.41) is 0. The molecular weight excluding hydrogens is 345 g/mol. The summed E-state index contributed by atoms with van der Waals surface area (Å²) in [6.45, 7) is 0. The van der Waals surface area contributed by atoms with Crippen LogP contribution in [0.25, 0.3) is 0 Å². The molecule has 0 saturated heterocycles. The van der Waals surface area contributed by atoms with Gasteiger partial charge < -0.3 is 10.5 Å². The van der Waals surface area contributed by atoms with Gasteiger partial charge in [-0.25, -0.2) is 9.18 Å². The Kier molecular flexibility index (Phi) is 4.67. The van der Waals surface area contributed by atoms with E-state index in [2.05, 4.69) is 20.7 Å². The Bertz CT molecular complexity index is 646. The molecule has 0 aromatic heterocycles. The Morgan fingerprint density at radius 3 is 2.55 bits per heavy atom. The number of hydrogen-bond donors (Lipinski definition) is 1. The van der Waals surface area contributed by atoms with Crippen molar-refractivity contribution < 1.29 is 13.9 Å². The minimum atomic E-state index is -0.583. The predicted molar refractivity (Wildman–Crippen MR) is 80.4 cm³/mol. The van der Waals surface area contributed by atoms with Crippen molar-refractivity contribution in [1.29, 1.82) is 0 Å². The van der Waals surface area contributed by atoms with Crippen molar-refractivity contribution in [1.82, 2.24) is 0 Å². The van der Waals surface area contributed by atoms with E-state index in [1.165, 1.54) is 24.9 Å². The van der Waals surface area contributed by atoms with E-state index in [9.17, 15) is 9.18 Å². The molecule has 0 heterocycles. The summed E-state index contributed by atoms with van der Waals surface area (Å²) in [5.41, 5.74) is 5.85. The molecule has 2 N–H and O–H groups in total. The second kappa shape index (κ2) is 6.28. The van der Waals surface area contributed by atoms with E-state index in [-0.39, 0.29) is 11.3 Å². The van der Waals surface area contributed by atoms with Crippen molar-refractivity contribution in [3.8, 4) is 0 Å². The fourth-order valence-electron chi connectivity index (χ4n) is 1.56. The largest absolute Gasteiger partial charge is 0.465 e. The van der Waals surface area contributed by atoms with Crippen molar-refractivity contribution in [3.05, 3.63) is 52.3 Å². The molecule has 0 radical (unpaired) electrons. The maximum absolute atomic E-state index is 13.9. The Labute approximate surface area is 128 Å². The molecule has 0 unspecified atom stereocenters. The summed E-state index contributed by atoms with van der Waals surface area (Å²) >= 11 is 4.55. The Morgan fingerprint density at radius 2 is 1.95 bits per heavy atom. The van der Waals surface area contributed by atoms with Crippen LogP contribution in [0.2, 0.25) is 0 Å². The van der Waals surface area contributed by atoms with Gasteiger partial charge in [-0.2, -0.15) is 0 Å². The van der Waals surface area contributed by atoms with Crippen LogP contribution in [0.5, 0.6) is 0 Å². The summed E-state index contributed by atoms with van der Waals surface area (Å²) in [5.74, 6) is -1.05. The maximum atomic E-state index is 13.9. The molecular formula is C14H11BrFNO2S. The zero-order valence-corrected chi connectivity index (χ0v) is 12.9. The molecule has 0 bridgehead atoms. The van der Waals surface area contributed by atoms with E-state index >= 15 is 0 Å². The summed E-state index contributed by atoms with van der Waals surface area (Å²) in [6, 6.07) is 9.96. The van der Waals surface area contributed by atoms with Crippen LogP contribution in [0.3, 0.4) is 0 Å². The van der Waals surface area contributed by atoms with Crippen LogP contribution in [0, 0.1) is 5.82 Å². The highest BCUT2D eigenvalue weighted by atomic mass is 79.9. The third-order valence-electron chi connectivity index (χ3n) is 2.55. The predicted octanol–water partition coefficient (Wildman–Crippen LogP) is 4.11. The van der Waals surface area contributed by atoms with Crippen molar-refractivity contribution in [2.24, 2.45) is 0 Å². The summed E-state index contributed by atoms with van der Waals surface area (Å²) in [6.07, 6.45) is 0. The van der Waals surface area contributed by atoms with Gasteiger partial charge in [0.25, 0.3) is 0 Å². The van der Waals surface area contributed by atoms with Crippen molar-refractivity contribution in [2.75, 3.05) is 12.8 Å². The monoisotopic (exact) mass is 355 g/mol. The first kappa shape index (κ1) is 14.9. The third-order valence-corrected chi connectivity index (χ3v) is 4.12. The molecule has 20 heavy (non-hydrogen) atoms. The number of ether oxygens (including phenoxy) is 1. The van der Waals surface area contributed by atoms with Crippen molar-refractivity contribution >= 4 is 39.3 Å². The van der Waals surface area contributed by atoms with E-state index in [0.29, 0.717) is 4.90 Å². The maximum Gasteiger partial charge on any atom is 0.339 e. The standard InChI is InChI=1S/C14H11BrFNO2S/c1-19-14(18)10-6-13(11(16)7-12(10)17)20-9-4-2-8(15)3-5-9/h2-7H,17H2,1H3. The summed E-state index contributed by atoms with van der Waals surface area (Å²) < 4.78 is 19.5. The molecule has 2 rings (SSSR count). The molecule has 3 nitrogen and oxygen atoms in total. The number of rotatable bonds is 3. The fourth-order valence-corrected chi connectivity index (χ4v) is 2.69. The molecule has 0 saturated carbocycles. The van der Waals surface area contributed by atoms with Gasteiger partial charge in [-0.05, 0) is 36.4 Å². The minimum absolute atomic E-state index is 0.0644. The van der Waals surface area contributed by atoms with Gasteiger partial charge in [-0.15, -0.1) is 0 Å². The molecule has 0 atom stereocenters. The number of methoxy groups -OCH3 is 1. The van der Waals surface area contributed by atoms with Gasteiger partial charge in [0.05, 0.1) is 12.7 Å². The van der Waals surface area contributed by atoms with Gasteiger partial charge in [0.2, 0.25) is 0 Å². The first-order valence-corrected chi connectivity index (χ1v) is 7.23. The highest BCUT2D eigenvalue weighted by molar-refractivity contribution is 9.10. The summed E-state index contributed by atoms with van der Waals surface area (Å²) in [4.78, 5) is 12.7. The molecule has 6 heteroatoms. The molecule has 104 valence electrons. The van der Waals surface area contributed by atoms with Crippen LogP contribution < -0.4 is 5.73 Å². The molecule has 0 amide bonds. The van der Waals surface area contributed by atoms with Crippen LogP contribution in [0.15, 0.2) is 50.7 Å². The minimum Gasteiger partial charge on any atom is -0.465 e. The van der Waals surface area contributed by atoms with Crippen LogP contribution in [0.4, 0.5) is 10.1 Å². The van der Waals surface area contributed by atoms with E-state index in [0.717, 1.165) is 15.4 Å². The van der Waals surface area contributed by atoms with Crippen molar-refractivity contribution in [2.45, 2.75) is 9.79 Å². The lowest BCUT2D eigenvalue weighted by Crippen LogP contribution is -2.06. The van der Waals surface area contributed by atoms with Gasteiger partial charge in [0, 0.05) is 20.0 Å². The lowest BCUT2D eigenvalue weighted by molar-refractivity contribution is 0.0601. The quantitative estimate of drug-likeness (QED) is 0.664. The number of esters is 1. The van der Waals surface area contributed by atoms with Crippen LogP contribution in [-0.4, -0.2) is 13.1 Å². The second-order valence-corrected chi connectivity index (χ2v) is 5.95. The number of nitrogen functional groups attached to an aromatic ring is 1. The van der Waals surface area contributed by atoms with E-state index in [1.807, 2.05) is 24.3 Å². The van der Waals surface area contributed by atoms with Gasteiger partial charge in [-0.3, -0.25) is 0 Å². The smallest absolute Gasteiger partial charge is 0.339 e. The zero-order chi connectivity index (χ0) is 14.7. The van der Waals surface area contributed by atoms with Crippen LogP contribution in [-0.2, 0) is 4.74 Å². The first-order valence-electron chi connectivity index (χ1n) is 5.62. The van der Waals surface area contributed by atoms with E-state index in [4.69, 9.17) is 5.73 Å². The average molecular weight is 356 g/mol. The Balaban J connectivity index is 2.36. The number of carbonyl (C=O) groups excluding carboxylic acids is 1. The van der Waals surface area contributed by atoms with E-state index in [1.54, 1.807) is 0 Å². The Morgan fingerprint density at radius 1 is 1.30 bits per heavy atom. The van der Waals surface area contributed by atoms with E-state index < -0.39 is 11.8 Å². The molecule has 0 fully saturated rings. The number of nitrogens with two attached hydrogens (primary N) is 1. The SMILES string of the molecule is COC(=O)c1cc(Sc2ccc(Br)cc2)c(F)cc1N. The first-order chi connectivity index (χ1) is 9.51. The topological polar surface area (TPSA) is 52.3 Å². The van der Waals surface area contributed by atoms with Crippen molar-refractivity contribution in [3.63, 3.8) is 0 Å². The van der Waals surface area contributed by atoms with Gasteiger partial charge in [0.1, 0.15) is 5.82 Å². The van der Waals surface area contributed by atoms with Gasteiger partial charge >= 0.3 is 5.97 Å². The molecule has 0 aliphatic heterocycles. The van der Waals surface area contributed by atoms with Crippen LogP contribution >= 0.6 is 27.7 Å². The fraction of sp³-hybridized carbons (Fsp3) is 0.0714. The van der Waals surface area contributed by atoms with Gasteiger partial charge in [-0.1, -0.05) is 27.7 Å². The van der Waals surface area contributed by atoms with Gasteiger partial charge in [0.15, 0.2) is 0 Å². The molecule has 0 aliphatic rings. The number of benzene rings is 2. The second-order valence-electron chi connectivity index (χ2n) is 3.92. The number of hydrogen-bond acceptors (Lipinski definition) is 4. The lowest BCUT2D eigenvalue weighted by atomic mass is 10.2. The normalized spacial score (nSPS) is 10.3. The zero-order valence-electron chi connectivity index (χ0n) is 10.5. The highest BCUT2D eigenvalue weighted by Gasteiger charge is 2.15. The van der Waals surface area contributed by atoms with Crippen LogP contribution in [0.1, 0.15) is 10.4 Å². The molecule has 0 spiro atoms. The molecule has 0 aliphatic carbocycles. The lowest BCUT2D eigenvalue weighted by Gasteiger charge is -2.08. The average Bonchev–Trinajstić information content (AvgIpc) is 2.43. The number of halogens is 2. The molecule has 2 aromatic rings. The molecule has 2 aromatic carbocycles. The Hall–Kier alpha value is -1.53. The summed E-state index contributed by atoms with van der Waals surface area (Å²) in [7, 11) is 1.26. The number of carbonyl (C=O) groups is 1. The third kappa shape index (κ3) is 3.32. The number of anilines is 1. The highest BCUT2D eigenvalue weighted by Crippen LogP contribution is 2.33.